The van der Waals surface area contributed by atoms with Crippen molar-refractivity contribution in [3.05, 3.63) is 29.6 Å². The Labute approximate surface area is 134 Å². The van der Waals surface area contributed by atoms with E-state index in [1.807, 2.05) is 34.5 Å². The molecule has 0 fully saturated rings. The van der Waals surface area contributed by atoms with E-state index >= 15 is 0 Å². The van der Waals surface area contributed by atoms with Crippen molar-refractivity contribution in [2.75, 3.05) is 17.3 Å². The molecule has 1 heterocycles. The van der Waals surface area contributed by atoms with Gasteiger partial charge in [-0.25, -0.2) is 4.98 Å². The minimum atomic E-state index is 0.223. The Morgan fingerprint density at radius 2 is 2.27 bits per heavy atom. The smallest absolute Gasteiger partial charge is 0.194 e. The van der Waals surface area contributed by atoms with E-state index in [4.69, 9.17) is 11.1 Å². The molecule has 1 aromatic carbocycles. The lowest BCUT2D eigenvalue weighted by molar-refractivity contribution is 0.813. The molecule has 0 atom stereocenters. The first-order valence-corrected chi connectivity index (χ1v) is 7.77. The number of nitrogens with zero attached hydrogens (tertiary/aromatic N) is 3. The molecule has 22 heavy (non-hydrogen) atoms. The number of nitrogens with two attached hydrogens (primary N) is 1. The molecule has 6 nitrogen and oxygen atoms in total. The number of anilines is 2. The van der Waals surface area contributed by atoms with Crippen LogP contribution >= 0.6 is 11.3 Å². The number of benzene rings is 1. The van der Waals surface area contributed by atoms with E-state index in [9.17, 15) is 0 Å². The number of hydrogen-bond acceptors (Lipinski definition) is 4. The van der Waals surface area contributed by atoms with Crippen molar-refractivity contribution in [2.24, 2.45) is 10.7 Å². The molecular weight excluding hydrogens is 296 g/mol. The number of aromatic nitrogens is 1. The van der Waals surface area contributed by atoms with Crippen LogP contribution in [-0.4, -0.2) is 30.4 Å². The van der Waals surface area contributed by atoms with Gasteiger partial charge in [-0.15, -0.1) is 11.3 Å². The highest BCUT2D eigenvalue weighted by molar-refractivity contribution is 7.14. The van der Waals surface area contributed by atoms with Crippen LogP contribution in [0, 0.1) is 5.41 Å². The molecule has 0 radical (unpaired) electrons. The molecule has 0 spiro atoms. The Bertz CT molecular complexity index is 676. The van der Waals surface area contributed by atoms with Crippen LogP contribution in [0.15, 0.2) is 34.6 Å². The fourth-order valence-corrected chi connectivity index (χ4v) is 2.70. The third-order valence-electron chi connectivity index (χ3n) is 3.12. The Balaban J connectivity index is 2.28. The number of hydrogen-bond donors (Lipinski definition) is 3. The van der Waals surface area contributed by atoms with Crippen molar-refractivity contribution in [3.8, 4) is 11.3 Å². The van der Waals surface area contributed by atoms with E-state index in [-0.39, 0.29) is 6.04 Å². The predicted molar refractivity (Wildman–Crippen MR) is 95.1 cm³/mol. The number of rotatable bonds is 5. The first-order valence-electron chi connectivity index (χ1n) is 6.89. The molecule has 0 saturated heterocycles. The van der Waals surface area contributed by atoms with Gasteiger partial charge in [-0.1, -0.05) is 12.1 Å². The normalized spacial score (nSPS) is 11.5. The topological polar surface area (TPSA) is 90.4 Å². The van der Waals surface area contributed by atoms with Crippen LogP contribution in [-0.2, 0) is 0 Å². The molecule has 4 N–H and O–H groups in total. The van der Waals surface area contributed by atoms with Gasteiger partial charge in [0, 0.05) is 29.7 Å². The number of thiazole rings is 1. The molecule has 0 aliphatic heterocycles. The van der Waals surface area contributed by atoms with E-state index in [0.29, 0.717) is 11.1 Å². The van der Waals surface area contributed by atoms with Crippen LogP contribution in [0.3, 0.4) is 0 Å². The fourth-order valence-electron chi connectivity index (χ4n) is 1.98. The quantitative estimate of drug-likeness (QED) is 0.584. The summed E-state index contributed by atoms with van der Waals surface area (Å²) in [5, 5.41) is 13.2. The van der Waals surface area contributed by atoms with Crippen molar-refractivity contribution in [1.82, 2.24) is 4.98 Å². The van der Waals surface area contributed by atoms with E-state index in [1.165, 1.54) is 17.7 Å². The second-order valence-corrected chi connectivity index (χ2v) is 5.81. The first-order chi connectivity index (χ1) is 10.5. The summed E-state index contributed by atoms with van der Waals surface area (Å²) >= 11 is 1.47. The van der Waals surface area contributed by atoms with Gasteiger partial charge in [0.15, 0.2) is 11.1 Å². The number of guanidine groups is 1. The lowest BCUT2D eigenvalue weighted by Gasteiger charge is -2.23. The molecule has 2 rings (SSSR count). The Morgan fingerprint density at radius 1 is 1.50 bits per heavy atom. The van der Waals surface area contributed by atoms with Crippen LogP contribution < -0.4 is 16.0 Å². The molecule has 0 aliphatic carbocycles. The molecule has 116 valence electrons. The van der Waals surface area contributed by atoms with Gasteiger partial charge in [-0.2, -0.15) is 0 Å². The van der Waals surface area contributed by atoms with Crippen molar-refractivity contribution < 1.29 is 0 Å². The maximum Gasteiger partial charge on any atom is 0.194 e. The number of nitrogens with one attached hydrogen (secondary N) is 2. The molecule has 2 aromatic rings. The summed E-state index contributed by atoms with van der Waals surface area (Å²) in [4.78, 5) is 10.3. The fraction of sp³-hybridized carbons (Fsp3) is 0.267. The third-order valence-corrected chi connectivity index (χ3v) is 3.87. The Kier molecular flexibility index (Phi) is 5.11. The minimum absolute atomic E-state index is 0.223. The standard InChI is InChI=1S/C15H20N6S/c1-10(2)21(9-16)12-6-4-5-11(7-12)13-8-22-15(19-13)20-14(17)18-3/h4-10,16H,1-3H3,(H3,17,18,19,20). The van der Waals surface area contributed by atoms with Crippen LogP contribution in [0.2, 0.25) is 0 Å². The lowest BCUT2D eigenvalue weighted by atomic mass is 10.1. The summed E-state index contributed by atoms with van der Waals surface area (Å²) in [6, 6.07) is 8.21. The maximum absolute atomic E-state index is 7.56. The molecule has 0 saturated carbocycles. The van der Waals surface area contributed by atoms with Gasteiger partial charge in [0.05, 0.1) is 12.0 Å². The highest BCUT2D eigenvalue weighted by Crippen LogP contribution is 2.28. The van der Waals surface area contributed by atoms with Crippen molar-refractivity contribution >= 4 is 34.5 Å². The van der Waals surface area contributed by atoms with Gasteiger partial charge < -0.3 is 16.0 Å². The van der Waals surface area contributed by atoms with E-state index in [1.54, 1.807) is 7.05 Å². The molecular formula is C15H20N6S. The maximum atomic E-state index is 7.56. The SMILES string of the molecule is CN=C(N)Nc1nc(-c2cccc(N(C=N)C(C)C)c2)cs1. The van der Waals surface area contributed by atoms with Gasteiger partial charge in [-0.05, 0) is 26.0 Å². The first kappa shape index (κ1) is 16.0. The molecule has 0 unspecified atom stereocenters. The number of aliphatic imine (C=N–C) groups is 1. The van der Waals surface area contributed by atoms with Crippen LogP contribution in [0.25, 0.3) is 11.3 Å². The summed E-state index contributed by atoms with van der Waals surface area (Å²) in [5.74, 6) is 0.337. The van der Waals surface area contributed by atoms with Gasteiger partial charge in [0.2, 0.25) is 0 Å². The highest BCUT2D eigenvalue weighted by atomic mass is 32.1. The van der Waals surface area contributed by atoms with Crippen molar-refractivity contribution in [1.29, 1.82) is 5.41 Å². The lowest BCUT2D eigenvalue weighted by Crippen LogP contribution is -2.28. The van der Waals surface area contributed by atoms with Crippen LogP contribution in [0.5, 0.6) is 0 Å². The molecule has 0 amide bonds. The summed E-state index contributed by atoms with van der Waals surface area (Å²) in [6.07, 6.45) is 1.34. The molecule has 7 heteroatoms. The second-order valence-electron chi connectivity index (χ2n) is 4.95. The zero-order chi connectivity index (χ0) is 16.1. The molecule has 0 bridgehead atoms. The van der Waals surface area contributed by atoms with Gasteiger partial charge >= 0.3 is 0 Å². The molecule has 1 aromatic heterocycles. The largest absolute Gasteiger partial charge is 0.370 e. The average Bonchev–Trinajstić information content (AvgIpc) is 2.96. The Morgan fingerprint density at radius 3 is 2.91 bits per heavy atom. The van der Waals surface area contributed by atoms with Crippen LogP contribution in [0.1, 0.15) is 13.8 Å². The zero-order valence-electron chi connectivity index (χ0n) is 12.9. The van der Waals surface area contributed by atoms with Gasteiger partial charge in [0.25, 0.3) is 0 Å². The monoisotopic (exact) mass is 316 g/mol. The highest BCUT2D eigenvalue weighted by Gasteiger charge is 2.10. The average molecular weight is 316 g/mol. The van der Waals surface area contributed by atoms with Gasteiger partial charge in [-0.3, -0.25) is 10.4 Å². The van der Waals surface area contributed by atoms with Gasteiger partial charge in [0.1, 0.15) is 0 Å². The van der Waals surface area contributed by atoms with Crippen LogP contribution in [0.4, 0.5) is 10.8 Å². The van der Waals surface area contributed by atoms with Crippen molar-refractivity contribution in [2.45, 2.75) is 19.9 Å². The minimum Gasteiger partial charge on any atom is -0.370 e. The van der Waals surface area contributed by atoms with E-state index in [2.05, 4.69) is 29.1 Å². The predicted octanol–water partition coefficient (Wildman–Crippen LogP) is 2.99. The van der Waals surface area contributed by atoms with Crippen molar-refractivity contribution in [3.63, 3.8) is 0 Å². The third kappa shape index (κ3) is 3.62. The summed E-state index contributed by atoms with van der Waals surface area (Å²) in [7, 11) is 1.62. The summed E-state index contributed by atoms with van der Waals surface area (Å²) in [5.41, 5.74) is 8.48. The second kappa shape index (κ2) is 7.04. The molecule has 0 aliphatic rings. The summed E-state index contributed by atoms with van der Waals surface area (Å²) < 4.78 is 0. The zero-order valence-corrected chi connectivity index (χ0v) is 13.7. The Hall–Kier alpha value is -2.41. The van der Waals surface area contributed by atoms with E-state index in [0.717, 1.165) is 16.9 Å². The summed E-state index contributed by atoms with van der Waals surface area (Å²) in [6.45, 7) is 4.10. The van der Waals surface area contributed by atoms with E-state index < -0.39 is 0 Å².